The summed E-state index contributed by atoms with van der Waals surface area (Å²) in [7, 11) is 0. The first-order chi connectivity index (χ1) is 14.1. The zero-order chi connectivity index (χ0) is 20.2. The molecule has 0 unspecified atom stereocenters. The lowest BCUT2D eigenvalue weighted by Crippen LogP contribution is -1.97. The van der Waals surface area contributed by atoms with E-state index >= 15 is 0 Å². The van der Waals surface area contributed by atoms with Crippen LogP contribution in [0.5, 0.6) is 5.75 Å². The maximum absolute atomic E-state index is 10.9. The summed E-state index contributed by atoms with van der Waals surface area (Å²) in [4.78, 5) is 15.0. The molecule has 29 heavy (non-hydrogen) atoms. The molecular weight excluding hydrogens is 370 g/mol. The third-order valence-electron chi connectivity index (χ3n) is 4.40. The van der Waals surface area contributed by atoms with E-state index in [4.69, 9.17) is 9.26 Å². The van der Waals surface area contributed by atoms with Crippen LogP contribution in [0.2, 0.25) is 0 Å². The third-order valence-corrected chi connectivity index (χ3v) is 4.40. The minimum atomic E-state index is -0.406. The topological polar surface area (TPSA) is 91.3 Å². The highest BCUT2D eigenvalue weighted by molar-refractivity contribution is 5.60. The number of nitro benzene ring substituents is 1. The second-order valence-corrected chi connectivity index (χ2v) is 6.48. The molecule has 144 valence electrons. The van der Waals surface area contributed by atoms with Crippen molar-refractivity contribution >= 4 is 5.69 Å². The summed E-state index contributed by atoms with van der Waals surface area (Å²) in [5.41, 5.74) is 3.22. The first-order valence-electron chi connectivity index (χ1n) is 8.96. The highest BCUT2D eigenvalue weighted by atomic mass is 16.6. The van der Waals surface area contributed by atoms with Crippen LogP contribution in [-0.4, -0.2) is 15.1 Å². The van der Waals surface area contributed by atoms with Gasteiger partial charge in [0.1, 0.15) is 12.4 Å². The molecule has 0 aliphatic rings. The predicted molar refractivity (Wildman–Crippen MR) is 107 cm³/mol. The fourth-order valence-electron chi connectivity index (χ4n) is 2.93. The van der Waals surface area contributed by atoms with Crippen molar-refractivity contribution in [2.24, 2.45) is 0 Å². The number of ether oxygens (including phenoxy) is 1. The van der Waals surface area contributed by atoms with E-state index in [1.807, 2.05) is 54.6 Å². The van der Waals surface area contributed by atoms with Gasteiger partial charge in [-0.3, -0.25) is 10.1 Å². The maximum Gasteiger partial charge on any atom is 0.272 e. The first kappa shape index (κ1) is 18.4. The lowest BCUT2D eigenvalue weighted by Gasteiger charge is -2.08. The van der Waals surface area contributed by atoms with Crippen LogP contribution in [0.3, 0.4) is 0 Å². The van der Waals surface area contributed by atoms with Crippen molar-refractivity contribution in [3.63, 3.8) is 0 Å². The minimum absolute atomic E-state index is 0.0740. The van der Waals surface area contributed by atoms with Crippen LogP contribution >= 0.6 is 0 Å². The molecule has 0 saturated heterocycles. The molecular formula is C22H17N3O4. The molecule has 0 radical (unpaired) electrons. The van der Waals surface area contributed by atoms with Crippen LogP contribution in [0.1, 0.15) is 11.1 Å². The Kier molecular flexibility index (Phi) is 5.03. The number of hydrogen-bond donors (Lipinski definition) is 0. The summed E-state index contributed by atoms with van der Waals surface area (Å²) in [5.74, 6) is 1.53. The molecule has 0 spiro atoms. The standard InChI is InChI=1S/C22H17N3O4/c1-15-12-19(10-11-20(15)25(26)27)28-14-16-6-5-9-18(13-16)22-23-21(24-29-22)17-7-3-2-4-8-17/h2-13H,14H2,1H3. The van der Waals surface area contributed by atoms with E-state index in [0.717, 1.165) is 16.7 Å². The summed E-state index contributed by atoms with van der Waals surface area (Å²) in [6, 6.07) is 21.9. The van der Waals surface area contributed by atoms with E-state index in [-0.39, 0.29) is 5.69 Å². The number of nitro groups is 1. The second kappa shape index (κ2) is 7.93. The van der Waals surface area contributed by atoms with Crippen LogP contribution in [0.15, 0.2) is 77.3 Å². The summed E-state index contributed by atoms with van der Waals surface area (Å²) in [6.45, 7) is 2.00. The molecule has 0 fully saturated rings. The molecule has 1 aromatic heterocycles. The Hall–Kier alpha value is -4.00. The van der Waals surface area contributed by atoms with Gasteiger partial charge >= 0.3 is 0 Å². The van der Waals surface area contributed by atoms with E-state index in [2.05, 4.69) is 10.1 Å². The van der Waals surface area contributed by atoms with Crippen LogP contribution in [0.25, 0.3) is 22.8 Å². The predicted octanol–water partition coefficient (Wildman–Crippen LogP) is 5.20. The van der Waals surface area contributed by atoms with E-state index in [1.165, 1.54) is 6.07 Å². The average Bonchev–Trinajstić information content (AvgIpc) is 3.23. The fraction of sp³-hybridized carbons (Fsp3) is 0.0909. The molecule has 0 N–H and O–H groups in total. The van der Waals surface area contributed by atoms with Gasteiger partial charge in [0, 0.05) is 22.8 Å². The molecule has 4 rings (SSSR count). The molecule has 4 aromatic rings. The highest BCUT2D eigenvalue weighted by Crippen LogP contribution is 2.25. The number of aromatic nitrogens is 2. The molecule has 0 saturated carbocycles. The van der Waals surface area contributed by atoms with Gasteiger partial charge in [-0.15, -0.1) is 0 Å². The molecule has 0 amide bonds. The third kappa shape index (κ3) is 4.14. The summed E-state index contributed by atoms with van der Waals surface area (Å²) in [6.07, 6.45) is 0. The average molecular weight is 387 g/mol. The van der Waals surface area contributed by atoms with Gasteiger partial charge in [-0.25, -0.2) is 0 Å². The molecule has 0 aliphatic heterocycles. The van der Waals surface area contributed by atoms with E-state index in [9.17, 15) is 10.1 Å². The molecule has 7 heteroatoms. The van der Waals surface area contributed by atoms with Gasteiger partial charge in [0.05, 0.1) is 4.92 Å². The summed E-state index contributed by atoms with van der Waals surface area (Å²) >= 11 is 0. The Morgan fingerprint density at radius 2 is 1.79 bits per heavy atom. The molecule has 3 aromatic carbocycles. The van der Waals surface area contributed by atoms with E-state index < -0.39 is 4.92 Å². The zero-order valence-electron chi connectivity index (χ0n) is 15.6. The Morgan fingerprint density at radius 3 is 2.55 bits per heavy atom. The van der Waals surface area contributed by atoms with Gasteiger partial charge in [0.15, 0.2) is 0 Å². The quantitative estimate of drug-likeness (QED) is 0.334. The number of hydrogen-bond acceptors (Lipinski definition) is 6. The molecule has 0 aliphatic carbocycles. The molecule has 1 heterocycles. The Labute approximate surface area is 166 Å². The van der Waals surface area contributed by atoms with Crippen molar-refractivity contribution < 1.29 is 14.2 Å². The molecule has 0 bridgehead atoms. The number of aryl methyl sites for hydroxylation is 1. The van der Waals surface area contributed by atoms with Crippen LogP contribution in [-0.2, 0) is 6.61 Å². The first-order valence-corrected chi connectivity index (χ1v) is 8.96. The maximum atomic E-state index is 10.9. The van der Waals surface area contributed by atoms with Crippen molar-refractivity contribution in [3.8, 4) is 28.6 Å². The lowest BCUT2D eigenvalue weighted by molar-refractivity contribution is -0.385. The zero-order valence-corrected chi connectivity index (χ0v) is 15.6. The number of nitrogens with zero attached hydrogens (tertiary/aromatic N) is 3. The monoisotopic (exact) mass is 387 g/mol. The van der Waals surface area contributed by atoms with Crippen LogP contribution < -0.4 is 4.74 Å². The van der Waals surface area contributed by atoms with Gasteiger partial charge in [0.25, 0.3) is 11.6 Å². The summed E-state index contributed by atoms with van der Waals surface area (Å²) < 4.78 is 11.2. The van der Waals surface area contributed by atoms with Gasteiger partial charge in [-0.2, -0.15) is 4.98 Å². The Balaban J connectivity index is 1.49. The molecule has 0 atom stereocenters. The van der Waals surface area contributed by atoms with Crippen LogP contribution in [0.4, 0.5) is 5.69 Å². The van der Waals surface area contributed by atoms with Gasteiger partial charge in [0.2, 0.25) is 5.82 Å². The number of benzene rings is 3. The Morgan fingerprint density at radius 1 is 1.00 bits per heavy atom. The highest BCUT2D eigenvalue weighted by Gasteiger charge is 2.12. The second-order valence-electron chi connectivity index (χ2n) is 6.48. The van der Waals surface area contributed by atoms with Crippen molar-refractivity contribution in [2.75, 3.05) is 0 Å². The van der Waals surface area contributed by atoms with Crippen molar-refractivity contribution in [1.82, 2.24) is 10.1 Å². The minimum Gasteiger partial charge on any atom is -0.489 e. The Bertz CT molecular complexity index is 1160. The smallest absolute Gasteiger partial charge is 0.272 e. The van der Waals surface area contributed by atoms with Gasteiger partial charge < -0.3 is 9.26 Å². The van der Waals surface area contributed by atoms with E-state index in [0.29, 0.717) is 29.6 Å². The summed E-state index contributed by atoms with van der Waals surface area (Å²) in [5, 5.41) is 15.0. The number of rotatable bonds is 6. The van der Waals surface area contributed by atoms with Gasteiger partial charge in [-0.05, 0) is 36.8 Å². The van der Waals surface area contributed by atoms with Crippen LogP contribution in [0, 0.1) is 17.0 Å². The van der Waals surface area contributed by atoms with E-state index in [1.54, 1.807) is 19.1 Å². The SMILES string of the molecule is Cc1cc(OCc2cccc(-c3nc(-c4ccccc4)no3)c2)ccc1[N+](=O)[O-]. The largest absolute Gasteiger partial charge is 0.489 e. The van der Waals surface area contributed by atoms with Crippen molar-refractivity contribution in [3.05, 3.63) is 94.0 Å². The normalized spacial score (nSPS) is 10.7. The lowest BCUT2D eigenvalue weighted by atomic mass is 10.1. The van der Waals surface area contributed by atoms with Crippen molar-refractivity contribution in [2.45, 2.75) is 13.5 Å². The molecule has 7 nitrogen and oxygen atoms in total. The van der Waals surface area contributed by atoms with Gasteiger partial charge in [-0.1, -0.05) is 47.6 Å². The van der Waals surface area contributed by atoms with Crippen molar-refractivity contribution in [1.29, 1.82) is 0 Å². The fourth-order valence-corrected chi connectivity index (χ4v) is 2.93.